The van der Waals surface area contributed by atoms with E-state index in [1.165, 1.54) is 0 Å². The summed E-state index contributed by atoms with van der Waals surface area (Å²) < 4.78 is 16.2. The highest BCUT2D eigenvalue weighted by atomic mass is 35.5. The van der Waals surface area contributed by atoms with Crippen molar-refractivity contribution in [2.24, 2.45) is 0 Å². The molecule has 5 nitrogen and oxygen atoms in total. The van der Waals surface area contributed by atoms with Gasteiger partial charge >= 0.3 is 6.03 Å². The van der Waals surface area contributed by atoms with Crippen LogP contribution in [0.15, 0.2) is 18.2 Å². The lowest BCUT2D eigenvalue weighted by Gasteiger charge is -2.15. The molecule has 0 saturated carbocycles. The van der Waals surface area contributed by atoms with Gasteiger partial charge in [0.2, 0.25) is 0 Å². The molecule has 2 N–H and O–H groups in total. The van der Waals surface area contributed by atoms with E-state index >= 15 is 0 Å². The summed E-state index contributed by atoms with van der Waals surface area (Å²) in [6, 6.07) is 4.81. The third-order valence-electron chi connectivity index (χ3n) is 2.58. The highest BCUT2D eigenvalue weighted by Crippen LogP contribution is 2.25. The van der Waals surface area contributed by atoms with E-state index in [4.69, 9.17) is 16.3 Å². The van der Waals surface area contributed by atoms with E-state index in [0.29, 0.717) is 16.5 Å². The van der Waals surface area contributed by atoms with Crippen molar-refractivity contribution < 1.29 is 13.7 Å². The minimum Gasteiger partial charge on any atom is -0.496 e. The number of nitrogens with one attached hydrogen (secondary N) is 2. The first-order valence-electron chi connectivity index (χ1n) is 6.09. The molecule has 1 rings (SSSR count). The third-order valence-corrected chi connectivity index (χ3v) is 3.91. The summed E-state index contributed by atoms with van der Waals surface area (Å²) in [5.74, 6) is 1.04. The van der Waals surface area contributed by atoms with Crippen LogP contribution < -0.4 is 15.4 Å². The number of rotatable bonds is 6. The van der Waals surface area contributed by atoms with Gasteiger partial charge in [0, 0.05) is 46.0 Å². The Morgan fingerprint density at radius 2 is 2.20 bits per heavy atom. The molecule has 1 aromatic carbocycles. The Morgan fingerprint density at radius 1 is 1.50 bits per heavy atom. The first-order valence-corrected chi connectivity index (χ1v) is 8.20. The maximum atomic E-state index is 11.7. The van der Waals surface area contributed by atoms with Gasteiger partial charge < -0.3 is 15.4 Å². The second-order valence-corrected chi connectivity index (χ2v) is 6.28. The molecule has 0 bridgehead atoms. The van der Waals surface area contributed by atoms with Crippen molar-refractivity contribution in [3.8, 4) is 5.75 Å². The Morgan fingerprint density at radius 3 is 2.80 bits per heavy atom. The quantitative estimate of drug-likeness (QED) is 0.842. The van der Waals surface area contributed by atoms with E-state index in [2.05, 4.69) is 10.6 Å². The Balaban J connectivity index is 2.55. The number of carbonyl (C=O) groups excluding carboxylic acids is 1. The van der Waals surface area contributed by atoms with Gasteiger partial charge in [-0.15, -0.1) is 0 Å². The molecule has 112 valence electrons. The van der Waals surface area contributed by atoms with E-state index in [0.717, 1.165) is 5.56 Å². The number of urea groups is 1. The topological polar surface area (TPSA) is 67.4 Å². The predicted octanol–water partition coefficient (Wildman–Crippen LogP) is 1.91. The average molecular weight is 319 g/mol. The summed E-state index contributed by atoms with van der Waals surface area (Å²) in [7, 11) is 0.605. The lowest BCUT2D eigenvalue weighted by Crippen LogP contribution is -2.42. The number of carbonyl (C=O) groups is 1. The van der Waals surface area contributed by atoms with Crippen LogP contribution in [0.1, 0.15) is 12.5 Å². The van der Waals surface area contributed by atoms with Crippen molar-refractivity contribution in [3.63, 3.8) is 0 Å². The van der Waals surface area contributed by atoms with E-state index in [9.17, 15) is 9.00 Å². The lowest BCUT2D eigenvalue weighted by atomic mass is 10.2. The summed E-state index contributed by atoms with van der Waals surface area (Å²) in [6.45, 7) is 2.06. The molecule has 0 spiro atoms. The molecule has 2 atom stereocenters. The zero-order valence-corrected chi connectivity index (χ0v) is 13.3. The van der Waals surface area contributed by atoms with Crippen molar-refractivity contribution >= 4 is 28.4 Å². The first-order chi connectivity index (χ1) is 9.43. The molecule has 0 heterocycles. The third kappa shape index (κ3) is 5.38. The molecule has 0 aliphatic heterocycles. The van der Waals surface area contributed by atoms with Crippen molar-refractivity contribution in [1.82, 2.24) is 10.6 Å². The summed E-state index contributed by atoms with van der Waals surface area (Å²) in [5, 5.41) is 5.95. The van der Waals surface area contributed by atoms with Crippen LogP contribution in [0.5, 0.6) is 5.75 Å². The number of hydrogen-bond donors (Lipinski definition) is 2. The van der Waals surface area contributed by atoms with Gasteiger partial charge in [0.1, 0.15) is 5.75 Å². The lowest BCUT2D eigenvalue weighted by molar-refractivity contribution is 0.238. The molecular formula is C13H19ClN2O3S. The van der Waals surface area contributed by atoms with Gasteiger partial charge in [0.05, 0.1) is 7.11 Å². The van der Waals surface area contributed by atoms with Gasteiger partial charge in [-0.1, -0.05) is 17.7 Å². The van der Waals surface area contributed by atoms with E-state index in [-0.39, 0.29) is 18.6 Å². The van der Waals surface area contributed by atoms with Crippen LogP contribution in [0, 0.1) is 0 Å². The highest BCUT2D eigenvalue weighted by Gasteiger charge is 2.11. The Labute approximate surface area is 126 Å². The SMILES string of the molecule is COc1cccc(Cl)c1CNC(=O)N[C@H](C)C[S@](C)=O. The molecule has 0 radical (unpaired) electrons. The Kier molecular flexibility index (Phi) is 6.81. The smallest absolute Gasteiger partial charge is 0.315 e. The second kappa shape index (κ2) is 8.11. The fourth-order valence-corrected chi connectivity index (χ4v) is 2.76. The number of benzene rings is 1. The molecule has 0 aliphatic rings. The zero-order chi connectivity index (χ0) is 15.1. The van der Waals surface area contributed by atoms with Gasteiger partial charge in [-0.25, -0.2) is 4.79 Å². The number of halogens is 1. The zero-order valence-electron chi connectivity index (χ0n) is 11.7. The fourth-order valence-electron chi connectivity index (χ4n) is 1.74. The highest BCUT2D eigenvalue weighted by molar-refractivity contribution is 7.84. The molecule has 0 saturated heterocycles. The van der Waals surface area contributed by atoms with E-state index < -0.39 is 10.8 Å². The first kappa shape index (κ1) is 16.8. The summed E-state index contributed by atoms with van der Waals surface area (Å²) >= 11 is 6.07. The average Bonchev–Trinajstić information content (AvgIpc) is 2.35. The van der Waals surface area contributed by atoms with Crippen LogP contribution in [-0.2, 0) is 17.3 Å². The van der Waals surface area contributed by atoms with E-state index in [1.54, 1.807) is 38.5 Å². The molecule has 20 heavy (non-hydrogen) atoms. The van der Waals surface area contributed by atoms with Crippen LogP contribution in [0.2, 0.25) is 5.02 Å². The normalized spacial score (nSPS) is 13.4. The Bertz CT molecular complexity index is 497. The van der Waals surface area contributed by atoms with Gasteiger partial charge in [0.25, 0.3) is 0 Å². The second-order valence-electron chi connectivity index (χ2n) is 4.39. The largest absolute Gasteiger partial charge is 0.496 e. The number of ether oxygens (including phenoxy) is 1. The molecule has 0 aliphatic carbocycles. The van der Waals surface area contributed by atoms with Crippen molar-refractivity contribution in [2.75, 3.05) is 19.1 Å². The molecule has 2 amide bonds. The molecule has 1 aromatic rings. The molecule has 7 heteroatoms. The van der Waals surface area contributed by atoms with Gasteiger partial charge in [-0.2, -0.15) is 0 Å². The van der Waals surface area contributed by atoms with Crippen molar-refractivity contribution in [1.29, 1.82) is 0 Å². The maximum Gasteiger partial charge on any atom is 0.315 e. The van der Waals surface area contributed by atoms with Crippen LogP contribution in [0.3, 0.4) is 0 Å². The van der Waals surface area contributed by atoms with Crippen LogP contribution in [-0.4, -0.2) is 35.4 Å². The molecule has 0 unspecified atom stereocenters. The minimum absolute atomic E-state index is 0.158. The van der Waals surface area contributed by atoms with Gasteiger partial charge in [-0.05, 0) is 19.1 Å². The number of methoxy groups -OCH3 is 1. The molecule has 0 aromatic heterocycles. The number of hydrogen-bond acceptors (Lipinski definition) is 3. The molecular weight excluding hydrogens is 300 g/mol. The van der Waals surface area contributed by atoms with Crippen molar-refractivity contribution in [3.05, 3.63) is 28.8 Å². The van der Waals surface area contributed by atoms with Gasteiger partial charge in [0.15, 0.2) is 0 Å². The van der Waals surface area contributed by atoms with Crippen LogP contribution >= 0.6 is 11.6 Å². The summed E-state index contributed by atoms with van der Waals surface area (Å²) in [4.78, 5) is 11.7. The van der Waals surface area contributed by atoms with E-state index in [1.807, 2.05) is 0 Å². The fraction of sp³-hybridized carbons (Fsp3) is 0.462. The van der Waals surface area contributed by atoms with Crippen LogP contribution in [0.25, 0.3) is 0 Å². The van der Waals surface area contributed by atoms with Gasteiger partial charge in [-0.3, -0.25) is 4.21 Å². The predicted molar refractivity (Wildman–Crippen MR) is 81.8 cm³/mol. The monoisotopic (exact) mass is 318 g/mol. The van der Waals surface area contributed by atoms with Crippen molar-refractivity contribution in [2.45, 2.75) is 19.5 Å². The minimum atomic E-state index is -0.944. The Hall–Kier alpha value is -1.27. The molecule has 0 fully saturated rings. The summed E-state index contributed by atoms with van der Waals surface area (Å²) in [5.41, 5.74) is 0.721. The number of amides is 2. The van der Waals surface area contributed by atoms with Crippen LogP contribution in [0.4, 0.5) is 4.79 Å². The summed E-state index contributed by atoms with van der Waals surface area (Å²) in [6.07, 6.45) is 1.60. The standard InChI is InChI=1S/C13H19ClN2O3S/c1-9(8-20(3)18)16-13(17)15-7-10-11(14)5-4-6-12(10)19-2/h4-6,9H,7-8H2,1-3H3,(H2,15,16,17)/t9-,20+/m1/s1. The maximum absolute atomic E-state index is 11.7.